The zero-order valence-corrected chi connectivity index (χ0v) is 14.9. The molecule has 0 spiro atoms. The van der Waals surface area contributed by atoms with Crippen molar-refractivity contribution in [3.8, 4) is 0 Å². The second kappa shape index (κ2) is 7.35. The quantitative estimate of drug-likeness (QED) is 0.739. The Morgan fingerprint density at radius 3 is 2.92 bits per heavy atom. The fourth-order valence-electron chi connectivity index (χ4n) is 3.10. The summed E-state index contributed by atoms with van der Waals surface area (Å²) in [6.45, 7) is 2.99. The highest BCUT2D eigenvalue weighted by molar-refractivity contribution is 6.34. The average Bonchev–Trinajstić information content (AvgIpc) is 3.16. The van der Waals surface area contributed by atoms with Crippen LogP contribution in [0.1, 0.15) is 15.9 Å². The van der Waals surface area contributed by atoms with Crippen LogP contribution in [0.3, 0.4) is 0 Å². The van der Waals surface area contributed by atoms with Crippen LogP contribution < -0.4 is 5.32 Å². The third-order valence-electron chi connectivity index (χ3n) is 4.53. The number of nitrogens with one attached hydrogen (secondary N) is 2. The van der Waals surface area contributed by atoms with Crippen LogP contribution in [0.4, 0.5) is 5.69 Å². The Kier molecular flexibility index (Phi) is 4.77. The molecule has 2 N–H and O–H groups in total. The number of hydrogen-bond donors (Lipinski definition) is 2. The van der Waals surface area contributed by atoms with Crippen LogP contribution >= 0.6 is 11.6 Å². The molecule has 0 saturated carbocycles. The lowest BCUT2D eigenvalue weighted by molar-refractivity contribution is 0.0303. The Bertz CT molecular complexity index is 934. The fraction of sp³-hybridized carbons (Fsp3) is 0.263. The number of amides is 1. The van der Waals surface area contributed by atoms with Gasteiger partial charge in [-0.2, -0.15) is 0 Å². The van der Waals surface area contributed by atoms with E-state index < -0.39 is 0 Å². The van der Waals surface area contributed by atoms with E-state index in [0.717, 1.165) is 22.3 Å². The summed E-state index contributed by atoms with van der Waals surface area (Å²) < 4.78 is 5.29. The van der Waals surface area contributed by atoms with E-state index in [1.54, 1.807) is 23.2 Å². The molecule has 6 nitrogen and oxygen atoms in total. The molecule has 1 aliphatic heterocycles. The SMILES string of the molecule is O=C(c1ccc(NCc2ccnc3[nH]ccc23)cc1Cl)N1CCOCC1. The molecular formula is C19H19ClN4O2. The van der Waals surface area contributed by atoms with Crippen LogP contribution in [0.25, 0.3) is 11.0 Å². The van der Waals surface area contributed by atoms with E-state index in [9.17, 15) is 4.79 Å². The molecule has 1 aliphatic rings. The minimum Gasteiger partial charge on any atom is -0.381 e. The van der Waals surface area contributed by atoms with Crippen molar-refractivity contribution >= 4 is 34.2 Å². The molecule has 4 rings (SSSR count). The van der Waals surface area contributed by atoms with Crippen LogP contribution in [-0.2, 0) is 11.3 Å². The number of H-pyrrole nitrogens is 1. The van der Waals surface area contributed by atoms with Gasteiger partial charge in [0, 0.05) is 43.1 Å². The number of anilines is 1. The van der Waals surface area contributed by atoms with E-state index in [4.69, 9.17) is 16.3 Å². The molecule has 0 atom stereocenters. The van der Waals surface area contributed by atoms with Gasteiger partial charge in [-0.1, -0.05) is 11.6 Å². The van der Waals surface area contributed by atoms with Gasteiger partial charge < -0.3 is 19.9 Å². The summed E-state index contributed by atoms with van der Waals surface area (Å²) in [5.74, 6) is -0.0481. The largest absolute Gasteiger partial charge is 0.381 e. The summed E-state index contributed by atoms with van der Waals surface area (Å²) in [6, 6.07) is 9.46. The third kappa shape index (κ3) is 3.38. The third-order valence-corrected chi connectivity index (χ3v) is 4.84. The van der Waals surface area contributed by atoms with Crippen LogP contribution in [0.2, 0.25) is 5.02 Å². The van der Waals surface area contributed by atoms with Crippen molar-refractivity contribution in [3.05, 3.63) is 58.9 Å². The number of aromatic nitrogens is 2. The van der Waals surface area contributed by atoms with E-state index in [2.05, 4.69) is 15.3 Å². The van der Waals surface area contributed by atoms with Gasteiger partial charge in [-0.25, -0.2) is 4.98 Å². The van der Waals surface area contributed by atoms with Crippen molar-refractivity contribution in [1.82, 2.24) is 14.9 Å². The van der Waals surface area contributed by atoms with Gasteiger partial charge in [-0.15, -0.1) is 0 Å². The lowest BCUT2D eigenvalue weighted by atomic mass is 10.1. The second-order valence-electron chi connectivity index (χ2n) is 6.16. The van der Waals surface area contributed by atoms with E-state index in [1.807, 2.05) is 24.4 Å². The highest BCUT2D eigenvalue weighted by atomic mass is 35.5. The highest BCUT2D eigenvalue weighted by Gasteiger charge is 2.20. The molecule has 1 fully saturated rings. The fourth-order valence-corrected chi connectivity index (χ4v) is 3.37. The monoisotopic (exact) mass is 370 g/mol. The molecule has 134 valence electrons. The Balaban J connectivity index is 1.47. The number of rotatable bonds is 4. The van der Waals surface area contributed by atoms with E-state index >= 15 is 0 Å². The van der Waals surface area contributed by atoms with Crippen LogP contribution in [0, 0.1) is 0 Å². The first-order valence-electron chi connectivity index (χ1n) is 8.54. The average molecular weight is 371 g/mol. The maximum atomic E-state index is 12.6. The number of carbonyl (C=O) groups is 1. The molecule has 7 heteroatoms. The molecule has 1 aromatic carbocycles. The molecule has 0 aliphatic carbocycles. The van der Waals surface area contributed by atoms with E-state index in [-0.39, 0.29) is 5.91 Å². The van der Waals surface area contributed by atoms with Crippen LogP contribution in [-0.4, -0.2) is 47.1 Å². The van der Waals surface area contributed by atoms with Crippen molar-refractivity contribution in [1.29, 1.82) is 0 Å². The van der Waals surface area contributed by atoms with Gasteiger partial charge in [0.2, 0.25) is 0 Å². The molecule has 3 aromatic rings. The highest BCUT2D eigenvalue weighted by Crippen LogP contribution is 2.24. The number of ether oxygens (including phenoxy) is 1. The number of hydrogen-bond acceptors (Lipinski definition) is 4. The zero-order chi connectivity index (χ0) is 17.9. The first-order valence-corrected chi connectivity index (χ1v) is 8.91. The number of benzene rings is 1. The lowest BCUT2D eigenvalue weighted by Crippen LogP contribution is -2.40. The summed E-state index contributed by atoms with van der Waals surface area (Å²) in [5.41, 5.74) is 3.40. The van der Waals surface area contributed by atoms with Gasteiger partial charge in [0.25, 0.3) is 5.91 Å². The standard InChI is InChI=1S/C19H19ClN4O2/c20-17-11-14(1-2-16(17)19(25)24-7-9-26-10-8-24)23-12-13-3-5-21-18-15(13)4-6-22-18/h1-6,11,23H,7-10,12H2,(H,21,22). The van der Waals surface area contributed by atoms with Crippen molar-refractivity contribution in [2.75, 3.05) is 31.6 Å². The van der Waals surface area contributed by atoms with Crippen molar-refractivity contribution in [3.63, 3.8) is 0 Å². The Morgan fingerprint density at radius 1 is 1.27 bits per heavy atom. The number of carbonyl (C=O) groups excluding carboxylic acids is 1. The van der Waals surface area contributed by atoms with Gasteiger partial charge in [0.15, 0.2) is 0 Å². The summed E-state index contributed by atoms with van der Waals surface area (Å²) in [6.07, 6.45) is 3.66. The molecular weight excluding hydrogens is 352 g/mol. The zero-order valence-electron chi connectivity index (χ0n) is 14.2. The first-order chi connectivity index (χ1) is 12.7. The molecule has 3 heterocycles. The number of nitrogens with zero attached hydrogens (tertiary/aromatic N) is 2. The minimum atomic E-state index is -0.0481. The first kappa shape index (κ1) is 16.9. The molecule has 26 heavy (non-hydrogen) atoms. The van der Waals surface area contributed by atoms with Crippen molar-refractivity contribution in [2.24, 2.45) is 0 Å². The number of morpholine rings is 1. The molecule has 2 aromatic heterocycles. The van der Waals surface area contributed by atoms with Gasteiger partial charge >= 0.3 is 0 Å². The van der Waals surface area contributed by atoms with Crippen LogP contribution in [0.5, 0.6) is 0 Å². The Labute approximate surface area is 156 Å². The molecule has 0 unspecified atom stereocenters. The predicted octanol–water partition coefficient (Wildman–Crippen LogP) is 3.30. The summed E-state index contributed by atoms with van der Waals surface area (Å²) in [5, 5.41) is 4.90. The number of aromatic amines is 1. The van der Waals surface area contributed by atoms with E-state index in [0.29, 0.717) is 43.4 Å². The molecule has 1 saturated heterocycles. The van der Waals surface area contributed by atoms with Gasteiger partial charge in [0.05, 0.1) is 23.8 Å². The molecule has 1 amide bonds. The van der Waals surface area contributed by atoms with Gasteiger partial charge in [-0.3, -0.25) is 4.79 Å². The topological polar surface area (TPSA) is 70.2 Å². The number of halogens is 1. The van der Waals surface area contributed by atoms with Crippen molar-refractivity contribution in [2.45, 2.75) is 6.54 Å². The maximum Gasteiger partial charge on any atom is 0.255 e. The molecule has 0 bridgehead atoms. The molecule has 0 radical (unpaired) electrons. The van der Waals surface area contributed by atoms with Crippen molar-refractivity contribution < 1.29 is 9.53 Å². The smallest absolute Gasteiger partial charge is 0.255 e. The Hall–Kier alpha value is -2.57. The maximum absolute atomic E-state index is 12.6. The minimum absolute atomic E-state index is 0.0481. The number of pyridine rings is 1. The normalized spacial score (nSPS) is 14.6. The Morgan fingerprint density at radius 2 is 2.12 bits per heavy atom. The summed E-state index contributed by atoms with van der Waals surface area (Å²) >= 11 is 6.37. The van der Waals surface area contributed by atoms with E-state index in [1.165, 1.54) is 0 Å². The summed E-state index contributed by atoms with van der Waals surface area (Å²) in [4.78, 5) is 21.8. The lowest BCUT2D eigenvalue weighted by Gasteiger charge is -2.27. The second-order valence-corrected chi connectivity index (χ2v) is 6.57. The number of fused-ring (bicyclic) bond motifs is 1. The van der Waals surface area contributed by atoms with Crippen LogP contribution in [0.15, 0.2) is 42.7 Å². The summed E-state index contributed by atoms with van der Waals surface area (Å²) in [7, 11) is 0. The van der Waals surface area contributed by atoms with Gasteiger partial charge in [-0.05, 0) is 35.9 Å². The van der Waals surface area contributed by atoms with Gasteiger partial charge in [0.1, 0.15) is 5.65 Å². The predicted molar refractivity (Wildman–Crippen MR) is 102 cm³/mol.